The zero-order valence-electron chi connectivity index (χ0n) is 9.37. The van der Waals surface area contributed by atoms with Crippen molar-refractivity contribution >= 4 is 11.6 Å². The Morgan fingerprint density at radius 3 is 2.69 bits per heavy atom. The van der Waals surface area contributed by atoms with Crippen LogP contribution in [0.25, 0.3) is 11.3 Å². The first-order chi connectivity index (χ1) is 7.69. The maximum absolute atomic E-state index is 5.97. The van der Waals surface area contributed by atoms with E-state index in [0.29, 0.717) is 5.15 Å². The average molecular weight is 233 g/mol. The lowest BCUT2D eigenvalue weighted by Gasteiger charge is -2.04. The highest BCUT2D eigenvalue weighted by Gasteiger charge is 2.04. The molecule has 0 amide bonds. The first-order valence-electron chi connectivity index (χ1n) is 5.29. The largest absolute Gasteiger partial charge is 0.233 e. The second-order valence-electron chi connectivity index (χ2n) is 3.72. The molecule has 0 aliphatic rings. The third kappa shape index (κ3) is 2.39. The van der Waals surface area contributed by atoms with Gasteiger partial charge in [-0.25, -0.2) is 9.97 Å². The third-order valence-electron chi connectivity index (χ3n) is 2.37. The minimum atomic E-state index is 0.503. The highest BCUT2D eigenvalue weighted by atomic mass is 35.5. The van der Waals surface area contributed by atoms with Gasteiger partial charge in [0.2, 0.25) is 0 Å². The predicted octanol–water partition coefficient (Wildman–Crippen LogP) is 3.67. The van der Waals surface area contributed by atoms with Crippen LogP contribution >= 0.6 is 11.6 Å². The molecule has 82 valence electrons. The molecule has 0 aliphatic heterocycles. The van der Waals surface area contributed by atoms with Gasteiger partial charge in [-0.3, -0.25) is 0 Å². The summed E-state index contributed by atoms with van der Waals surface area (Å²) in [6.07, 6.45) is 0.791. The Kier molecular flexibility index (Phi) is 3.20. The Labute approximate surface area is 100 Å². The molecule has 16 heavy (non-hydrogen) atoms. The number of rotatable bonds is 2. The van der Waals surface area contributed by atoms with E-state index in [1.165, 1.54) is 5.56 Å². The lowest BCUT2D eigenvalue weighted by Crippen LogP contribution is -1.95. The van der Waals surface area contributed by atoms with Crippen LogP contribution in [0.5, 0.6) is 0 Å². The Hall–Kier alpha value is -1.41. The fourth-order valence-corrected chi connectivity index (χ4v) is 1.78. The highest BCUT2D eigenvalue weighted by molar-refractivity contribution is 6.29. The van der Waals surface area contributed by atoms with Crippen LogP contribution in [-0.2, 0) is 6.42 Å². The van der Waals surface area contributed by atoms with Gasteiger partial charge < -0.3 is 0 Å². The molecule has 0 aliphatic carbocycles. The number of benzene rings is 1. The fraction of sp³-hybridized carbons (Fsp3) is 0.231. The summed E-state index contributed by atoms with van der Waals surface area (Å²) in [4.78, 5) is 8.62. The van der Waals surface area contributed by atoms with E-state index in [9.17, 15) is 0 Å². The van der Waals surface area contributed by atoms with E-state index in [1.807, 2.05) is 19.1 Å². The molecule has 0 atom stereocenters. The normalized spacial score (nSPS) is 10.4. The van der Waals surface area contributed by atoms with Crippen LogP contribution in [0.1, 0.15) is 18.3 Å². The molecule has 1 heterocycles. The van der Waals surface area contributed by atoms with E-state index in [4.69, 9.17) is 11.6 Å². The van der Waals surface area contributed by atoms with E-state index in [2.05, 4.69) is 29.0 Å². The highest BCUT2D eigenvalue weighted by Crippen LogP contribution is 2.20. The summed E-state index contributed by atoms with van der Waals surface area (Å²) in [6.45, 7) is 4.08. The first-order valence-corrected chi connectivity index (χ1v) is 5.67. The zero-order valence-corrected chi connectivity index (χ0v) is 10.1. The van der Waals surface area contributed by atoms with Gasteiger partial charge in [-0.2, -0.15) is 0 Å². The van der Waals surface area contributed by atoms with Crippen molar-refractivity contribution in [2.24, 2.45) is 0 Å². The van der Waals surface area contributed by atoms with E-state index in [0.717, 1.165) is 23.5 Å². The number of aryl methyl sites for hydroxylation is 2. The Morgan fingerprint density at radius 2 is 2.00 bits per heavy atom. The molecule has 0 fully saturated rings. The van der Waals surface area contributed by atoms with Crippen LogP contribution in [0.4, 0.5) is 0 Å². The summed E-state index contributed by atoms with van der Waals surface area (Å²) in [5.41, 5.74) is 3.19. The summed E-state index contributed by atoms with van der Waals surface area (Å²) < 4.78 is 0. The topological polar surface area (TPSA) is 25.8 Å². The molecule has 0 N–H and O–H groups in total. The fourth-order valence-electron chi connectivity index (χ4n) is 1.58. The van der Waals surface area contributed by atoms with Crippen LogP contribution in [0.3, 0.4) is 0 Å². The quantitative estimate of drug-likeness (QED) is 0.739. The molecule has 1 aromatic carbocycles. The first kappa shape index (κ1) is 11.1. The van der Waals surface area contributed by atoms with Crippen molar-refractivity contribution in [1.82, 2.24) is 9.97 Å². The van der Waals surface area contributed by atoms with Gasteiger partial charge in [0.15, 0.2) is 0 Å². The monoisotopic (exact) mass is 232 g/mol. The lowest BCUT2D eigenvalue weighted by molar-refractivity contribution is 0.943. The minimum Gasteiger partial charge on any atom is -0.233 e. The maximum atomic E-state index is 5.97. The van der Waals surface area contributed by atoms with Gasteiger partial charge in [0.25, 0.3) is 0 Å². The second-order valence-corrected chi connectivity index (χ2v) is 4.10. The Morgan fingerprint density at radius 1 is 1.19 bits per heavy atom. The van der Waals surface area contributed by atoms with Gasteiger partial charge in [-0.1, -0.05) is 42.3 Å². The molecular formula is C13H13ClN2. The molecule has 2 aromatic rings. The molecule has 3 heteroatoms. The summed E-state index contributed by atoms with van der Waals surface area (Å²) in [5.74, 6) is 0.781. The van der Waals surface area contributed by atoms with E-state index < -0.39 is 0 Å². The lowest BCUT2D eigenvalue weighted by atomic mass is 10.1. The summed E-state index contributed by atoms with van der Waals surface area (Å²) >= 11 is 5.97. The predicted molar refractivity (Wildman–Crippen MR) is 66.6 cm³/mol. The molecular weight excluding hydrogens is 220 g/mol. The molecule has 1 aromatic heterocycles. The summed E-state index contributed by atoms with van der Waals surface area (Å²) in [5, 5.41) is 0.503. The van der Waals surface area contributed by atoms with Gasteiger partial charge in [0.05, 0.1) is 5.69 Å². The van der Waals surface area contributed by atoms with Crippen molar-refractivity contribution in [3.05, 3.63) is 46.9 Å². The Balaban J connectivity index is 2.51. The molecule has 0 spiro atoms. The number of hydrogen-bond donors (Lipinski definition) is 0. The number of nitrogens with zero attached hydrogens (tertiary/aromatic N) is 2. The van der Waals surface area contributed by atoms with E-state index >= 15 is 0 Å². The molecule has 2 rings (SSSR count). The number of hydrogen-bond acceptors (Lipinski definition) is 2. The third-order valence-corrected chi connectivity index (χ3v) is 2.56. The van der Waals surface area contributed by atoms with Gasteiger partial charge in [0, 0.05) is 18.1 Å². The maximum Gasteiger partial charge on any atom is 0.133 e. The van der Waals surface area contributed by atoms with Crippen LogP contribution in [0.15, 0.2) is 30.3 Å². The zero-order chi connectivity index (χ0) is 11.5. The summed E-state index contributed by atoms with van der Waals surface area (Å²) in [7, 11) is 0. The van der Waals surface area contributed by atoms with E-state index in [-0.39, 0.29) is 0 Å². The van der Waals surface area contributed by atoms with Crippen molar-refractivity contribution in [3.8, 4) is 11.3 Å². The number of halogens is 1. The Bertz CT molecular complexity index is 509. The van der Waals surface area contributed by atoms with Crippen molar-refractivity contribution in [1.29, 1.82) is 0 Å². The average Bonchev–Trinajstić information content (AvgIpc) is 2.28. The minimum absolute atomic E-state index is 0.503. The second kappa shape index (κ2) is 4.62. The van der Waals surface area contributed by atoms with Gasteiger partial charge in [0.1, 0.15) is 11.0 Å². The molecule has 0 saturated carbocycles. The van der Waals surface area contributed by atoms with Crippen LogP contribution in [0.2, 0.25) is 5.15 Å². The van der Waals surface area contributed by atoms with E-state index in [1.54, 1.807) is 6.07 Å². The smallest absolute Gasteiger partial charge is 0.133 e. The van der Waals surface area contributed by atoms with Crippen molar-refractivity contribution in [2.75, 3.05) is 0 Å². The summed E-state index contributed by atoms with van der Waals surface area (Å²) in [6, 6.07) is 10.0. The molecule has 0 unspecified atom stereocenters. The standard InChI is InChI=1S/C13H13ClN2/c1-3-13-15-11(8-12(14)16-13)10-6-4-5-9(2)7-10/h4-8H,3H2,1-2H3. The molecule has 0 saturated heterocycles. The molecule has 0 radical (unpaired) electrons. The molecule has 2 nitrogen and oxygen atoms in total. The van der Waals surface area contributed by atoms with Gasteiger partial charge in [-0.05, 0) is 13.0 Å². The van der Waals surface area contributed by atoms with Crippen LogP contribution in [0, 0.1) is 6.92 Å². The van der Waals surface area contributed by atoms with Crippen molar-refractivity contribution < 1.29 is 0 Å². The number of aromatic nitrogens is 2. The van der Waals surface area contributed by atoms with Gasteiger partial charge >= 0.3 is 0 Å². The SMILES string of the molecule is CCc1nc(Cl)cc(-c2cccc(C)c2)n1. The van der Waals surface area contributed by atoms with Crippen LogP contribution < -0.4 is 0 Å². The van der Waals surface area contributed by atoms with Gasteiger partial charge in [-0.15, -0.1) is 0 Å². The van der Waals surface area contributed by atoms with Crippen molar-refractivity contribution in [3.63, 3.8) is 0 Å². The van der Waals surface area contributed by atoms with Crippen molar-refractivity contribution in [2.45, 2.75) is 20.3 Å². The van der Waals surface area contributed by atoms with Crippen LogP contribution in [-0.4, -0.2) is 9.97 Å². The molecule has 0 bridgehead atoms.